The molecular weight excluding hydrogens is 589 g/mol. The molecule has 2 fully saturated rings. The first-order valence-corrected chi connectivity index (χ1v) is 16.9. The zero-order valence-electron chi connectivity index (χ0n) is 22.5. The second-order valence-electron chi connectivity index (χ2n) is 11.7. The summed E-state index contributed by atoms with van der Waals surface area (Å²) < 4.78 is 0. The molecule has 2 unspecified atom stereocenters. The monoisotopic (exact) mass is 624 g/mol. The van der Waals surface area contributed by atoms with E-state index in [4.69, 9.17) is 48.9 Å². The first-order valence-electron chi connectivity index (χ1n) is 13.3. The molecule has 2 saturated heterocycles. The SMILES string of the molecule is CC(C)(CCC(=O)CCC(=O)CCC(C)(C)N1C(=S)C=C2SCCC2C1=S)N1C(=S)C=C2SCCC2C1=S. The standard InChI is InChI=1S/C28H36N2O2S6/c1-27(2,29-23(33)15-21-19(25(29)35)9-13-37-21)11-7-17(31)5-6-18(32)8-12-28(3,4)30-24(34)16-22-20(26(30)36)10-14-38-22/h15-16,19-20H,5-14H2,1-4H3. The molecule has 2 atom stereocenters. The topological polar surface area (TPSA) is 40.6 Å². The highest BCUT2D eigenvalue weighted by Gasteiger charge is 2.42. The van der Waals surface area contributed by atoms with Gasteiger partial charge in [0.15, 0.2) is 0 Å². The smallest absolute Gasteiger partial charge is 0.133 e. The molecule has 0 aliphatic carbocycles. The Balaban J connectivity index is 1.23. The van der Waals surface area contributed by atoms with Crippen LogP contribution >= 0.6 is 72.4 Å². The van der Waals surface area contributed by atoms with E-state index in [1.165, 1.54) is 9.81 Å². The van der Waals surface area contributed by atoms with Crippen molar-refractivity contribution in [2.75, 3.05) is 11.5 Å². The van der Waals surface area contributed by atoms with E-state index in [2.05, 4.69) is 49.6 Å². The van der Waals surface area contributed by atoms with Gasteiger partial charge in [0.1, 0.15) is 21.5 Å². The summed E-state index contributed by atoms with van der Waals surface area (Å²) in [6, 6.07) is 0. The summed E-state index contributed by atoms with van der Waals surface area (Å²) in [7, 11) is 0. The molecule has 0 saturated carbocycles. The lowest BCUT2D eigenvalue weighted by atomic mass is 9.89. The number of nitrogens with zero attached hydrogens (tertiary/aromatic N) is 2. The maximum Gasteiger partial charge on any atom is 0.133 e. The third kappa shape index (κ3) is 6.51. The van der Waals surface area contributed by atoms with E-state index >= 15 is 0 Å². The number of carbonyl (C=O) groups excluding carboxylic acids is 2. The molecule has 0 bridgehead atoms. The van der Waals surface area contributed by atoms with Gasteiger partial charge in [-0.25, -0.2) is 0 Å². The molecule has 4 aliphatic rings. The van der Waals surface area contributed by atoms with Gasteiger partial charge in [0.2, 0.25) is 0 Å². The summed E-state index contributed by atoms with van der Waals surface area (Å²) in [5.41, 5.74) is -0.685. The van der Waals surface area contributed by atoms with Crippen molar-refractivity contribution in [2.45, 2.75) is 90.1 Å². The minimum absolute atomic E-state index is 0.113. The third-order valence-electron chi connectivity index (χ3n) is 7.97. The van der Waals surface area contributed by atoms with E-state index in [-0.39, 0.29) is 47.3 Å². The van der Waals surface area contributed by atoms with Crippen LogP contribution in [0, 0.1) is 11.8 Å². The van der Waals surface area contributed by atoms with Crippen LogP contribution in [-0.2, 0) is 9.59 Å². The summed E-state index contributed by atoms with van der Waals surface area (Å²) in [5, 5.41) is 0. The Hall–Kier alpha value is -0.520. The molecular formula is C28H36N2O2S6. The van der Waals surface area contributed by atoms with Crippen molar-refractivity contribution in [3.8, 4) is 0 Å². The van der Waals surface area contributed by atoms with Crippen LogP contribution in [0.1, 0.15) is 79.1 Å². The van der Waals surface area contributed by atoms with E-state index in [0.717, 1.165) is 44.3 Å². The van der Waals surface area contributed by atoms with Crippen LogP contribution in [-0.4, -0.2) is 63.9 Å². The fraction of sp³-hybridized carbons (Fsp3) is 0.643. The van der Waals surface area contributed by atoms with E-state index in [1.54, 1.807) is 0 Å². The van der Waals surface area contributed by atoms with Crippen LogP contribution in [0.2, 0.25) is 0 Å². The molecule has 10 heteroatoms. The molecule has 4 rings (SSSR count). The predicted octanol–water partition coefficient (Wildman–Crippen LogP) is 7.24. The summed E-state index contributed by atoms with van der Waals surface area (Å²) in [6.07, 6.45) is 8.94. The van der Waals surface area contributed by atoms with Gasteiger partial charge >= 0.3 is 0 Å². The lowest BCUT2D eigenvalue weighted by molar-refractivity contribution is -0.124. The van der Waals surface area contributed by atoms with Crippen molar-refractivity contribution in [1.29, 1.82) is 0 Å². The van der Waals surface area contributed by atoms with Gasteiger partial charge in [-0.1, -0.05) is 48.9 Å². The summed E-state index contributed by atoms with van der Waals surface area (Å²) in [6.45, 7) is 8.41. The number of thiocarbonyl (C=S) groups is 4. The predicted molar refractivity (Wildman–Crippen MR) is 177 cm³/mol. The fourth-order valence-electron chi connectivity index (χ4n) is 5.59. The Labute approximate surface area is 257 Å². The number of Topliss-reactive ketones (excluding diaryl/α,β-unsaturated/α-hetero) is 2. The Bertz CT molecular complexity index is 1050. The maximum atomic E-state index is 12.8. The number of carbonyl (C=O) groups is 2. The normalized spacial score (nSPS) is 23.9. The van der Waals surface area contributed by atoms with Gasteiger partial charge in [0.25, 0.3) is 0 Å². The highest BCUT2D eigenvalue weighted by atomic mass is 32.2. The van der Waals surface area contributed by atoms with E-state index < -0.39 is 0 Å². The minimum Gasteiger partial charge on any atom is -0.321 e. The first kappa shape index (κ1) is 30.4. The average molecular weight is 625 g/mol. The fourth-order valence-corrected chi connectivity index (χ4v) is 10.6. The van der Waals surface area contributed by atoms with Crippen molar-refractivity contribution in [3.05, 3.63) is 22.0 Å². The first-order chi connectivity index (χ1) is 17.8. The van der Waals surface area contributed by atoms with E-state index in [0.29, 0.717) is 25.7 Å². The number of fused-ring (bicyclic) bond motifs is 2. The van der Waals surface area contributed by atoms with Gasteiger partial charge in [0, 0.05) is 48.6 Å². The number of ketones is 2. The second kappa shape index (κ2) is 12.1. The molecule has 0 spiro atoms. The van der Waals surface area contributed by atoms with Crippen molar-refractivity contribution in [3.63, 3.8) is 0 Å². The Morgan fingerprint density at radius 3 is 1.47 bits per heavy atom. The Kier molecular flexibility index (Phi) is 9.73. The quantitative estimate of drug-likeness (QED) is 0.220. The van der Waals surface area contributed by atoms with Gasteiger partial charge < -0.3 is 9.80 Å². The van der Waals surface area contributed by atoms with Crippen molar-refractivity contribution in [2.24, 2.45) is 11.8 Å². The second-order valence-corrected chi connectivity index (χ2v) is 15.7. The Morgan fingerprint density at radius 2 is 1.11 bits per heavy atom. The van der Waals surface area contributed by atoms with Crippen molar-refractivity contribution < 1.29 is 9.59 Å². The summed E-state index contributed by atoms with van der Waals surface area (Å²) in [5.74, 6) is 2.94. The molecule has 4 heterocycles. The molecule has 4 nitrogen and oxygen atoms in total. The highest BCUT2D eigenvalue weighted by molar-refractivity contribution is 8.03. The molecule has 0 aromatic rings. The number of thioether (sulfide) groups is 2. The van der Waals surface area contributed by atoms with E-state index in [9.17, 15) is 9.59 Å². The molecule has 206 valence electrons. The highest BCUT2D eigenvalue weighted by Crippen LogP contribution is 2.44. The molecule has 0 aromatic carbocycles. The van der Waals surface area contributed by atoms with Crippen LogP contribution in [0.15, 0.2) is 22.0 Å². The molecule has 38 heavy (non-hydrogen) atoms. The molecule has 0 aromatic heterocycles. The zero-order valence-corrected chi connectivity index (χ0v) is 27.4. The summed E-state index contributed by atoms with van der Waals surface area (Å²) >= 11 is 26.7. The molecule has 0 amide bonds. The van der Waals surface area contributed by atoms with Gasteiger partial charge in [-0.15, -0.1) is 23.5 Å². The molecule has 4 aliphatic heterocycles. The minimum atomic E-state index is -0.343. The molecule has 0 radical (unpaired) electrons. The third-order valence-corrected chi connectivity index (χ3v) is 11.9. The van der Waals surface area contributed by atoms with Crippen LogP contribution in [0.5, 0.6) is 0 Å². The number of hydrogen-bond acceptors (Lipinski definition) is 8. The van der Waals surface area contributed by atoms with Crippen LogP contribution < -0.4 is 0 Å². The summed E-state index contributed by atoms with van der Waals surface area (Å²) in [4.78, 5) is 35.5. The lowest BCUT2D eigenvalue weighted by Gasteiger charge is -2.44. The van der Waals surface area contributed by atoms with Gasteiger partial charge in [0.05, 0.1) is 9.98 Å². The van der Waals surface area contributed by atoms with Gasteiger partial charge in [-0.3, -0.25) is 9.59 Å². The largest absolute Gasteiger partial charge is 0.321 e. The van der Waals surface area contributed by atoms with Crippen LogP contribution in [0.25, 0.3) is 0 Å². The molecule has 0 N–H and O–H groups in total. The number of hydrogen-bond donors (Lipinski definition) is 0. The Morgan fingerprint density at radius 1 is 0.737 bits per heavy atom. The van der Waals surface area contributed by atoms with E-state index in [1.807, 2.05) is 23.5 Å². The van der Waals surface area contributed by atoms with Crippen LogP contribution in [0.4, 0.5) is 0 Å². The van der Waals surface area contributed by atoms with Crippen molar-refractivity contribution in [1.82, 2.24) is 9.80 Å². The number of rotatable bonds is 11. The van der Waals surface area contributed by atoms with Crippen LogP contribution in [0.3, 0.4) is 0 Å². The van der Waals surface area contributed by atoms with Gasteiger partial charge in [-0.2, -0.15) is 0 Å². The van der Waals surface area contributed by atoms with Crippen molar-refractivity contribution >= 4 is 104 Å². The zero-order chi connectivity index (χ0) is 27.8. The lowest BCUT2D eigenvalue weighted by Crippen LogP contribution is -2.53. The average Bonchev–Trinajstić information content (AvgIpc) is 3.49. The van der Waals surface area contributed by atoms with Gasteiger partial charge in [-0.05, 0) is 86.8 Å². The maximum absolute atomic E-state index is 12.8.